The van der Waals surface area contributed by atoms with Crippen LogP contribution < -0.4 is 37.9 Å². The molecule has 0 N–H and O–H groups in total. The van der Waals surface area contributed by atoms with Gasteiger partial charge in [0, 0.05) is 139 Å². The van der Waals surface area contributed by atoms with Crippen LogP contribution in [-0.4, -0.2) is 78.0 Å². The average molecular weight is 1770 g/mol. The highest BCUT2D eigenvalue weighted by Crippen LogP contribution is 2.37. The maximum Gasteiger partial charge on any atom is 0.199 e. The van der Waals surface area contributed by atoms with Crippen molar-refractivity contribution < 1.29 is 56.8 Å². The predicted octanol–water partition coefficient (Wildman–Crippen LogP) is 27.7. The van der Waals surface area contributed by atoms with Crippen molar-refractivity contribution in [2.75, 3.05) is 52.9 Å². The first kappa shape index (κ1) is 93.8. The van der Waals surface area contributed by atoms with Gasteiger partial charge in [-0.2, -0.15) is 0 Å². The van der Waals surface area contributed by atoms with E-state index < -0.39 is 25.2 Å². The van der Waals surface area contributed by atoms with E-state index in [4.69, 9.17) is 56.8 Å². The number of benzene rings is 10. The lowest BCUT2D eigenvalue weighted by atomic mass is 10.1. The van der Waals surface area contributed by atoms with Gasteiger partial charge in [0.1, 0.15) is 46.0 Å². The first-order valence-electron chi connectivity index (χ1n) is 46.8. The monoisotopic (exact) mass is 1760 g/mol. The summed E-state index contributed by atoms with van der Waals surface area (Å²) in [6, 6.07) is 133. The Bertz CT molecular complexity index is 5940. The maximum absolute atomic E-state index is 6.73. The van der Waals surface area contributed by atoms with Gasteiger partial charge >= 0.3 is 0 Å². The molecule has 4 heterocycles. The largest absolute Gasteiger partial charge is 0.492 e. The number of hydrogen-bond donors (Lipinski definition) is 0. The molecule has 4 saturated heterocycles. The Morgan fingerprint density at radius 3 is 0.530 bits per heavy atom. The van der Waals surface area contributed by atoms with E-state index in [1.807, 2.05) is 175 Å². The van der Waals surface area contributed by atoms with Gasteiger partial charge < -0.3 is 56.8 Å². The summed E-state index contributed by atoms with van der Waals surface area (Å²) in [6.07, 6.45) is 11.9. The van der Waals surface area contributed by atoms with Gasteiger partial charge in [0.15, 0.2) is 25.2 Å². The molecule has 12 heteroatoms. The maximum atomic E-state index is 6.73. The zero-order valence-electron chi connectivity index (χ0n) is 78.2. The van der Waals surface area contributed by atoms with Crippen molar-refractivity contribution in [1.29, 1.82) is 0 Å². The third-order valence-electron chi connectivity index (χ3n) is 21.9. The Morgan fingerprint density at radius 2 is 0.366 bits per heavy atom. The zero-order chi connectivity index (χ0) is 92.8. The highest BCUT2D eigenvalue weighted by Gasteiger charge is 2.22. The van der Waals surface area contributed by atoms with Gasteiger partial charge in [0.25, 0.3) is 0 Å². The summed E-state index contributed by atoms with van der Waals surface area (Å²) in [7, 11) is 0. The molecule has 4 aliphatic rings. The molecule has 0 aliphatic carbocycles. The molecule has 24 rings (SSSR count). The Kier molecular flexibility index (Phi) is 33.1. The van der Waals surface area contributed by atoms with Crippen LogP contribution in [0.1, 0.15) is 164 Å². The molecule has 20 aromatic rings. The lowest BCUT2D eigenvalue weighted by molar-refractivity contribution is -0.105. The molecule has 12 nitrogen and oxygen atoms in total. The quantitative estimate of drug-likeness (QED) is 0.0724. The molecule has 0 amide bonds. The number of aryl methyl sites for hydroxylation is 6. The summed E-state index contributed by atoms with van der Waals surface area (Å²) in [4.78, 5) is 0. The Balaban J connectivity index is 0.881. The van der Waals surface area contributed by atoms with Crippen LogP contribution in [0.15, 0.2) is 158 Å². The van der Waals surface area contributed by atoms with E-state index >= 15 is 0 Å². The van der Waals surface area contributed by atoms with Crippen LogP contribution in [0.25, 0.3) is 108 Å². The summed E-state index contributed by atoms with van der Waals surface area (Å²) >= 11 is 0. The molecule has 0 radical (unpaired) electrons. The molecule has 4 atom stereocenters. The highest BCUT2D eigenvalue weighted by atomic mass is 16.7. The molecular weight excluding hydrogens is 1660 g/mol. The van der Waals surface area contributed by atoms with E-state index in [0.29, 0.717) is 142 Å². The van der Waals surface area contributed by atoms with Crippen LogP contribution in [-0.2, 0) is 18.9 Å². The highest BCUT2D eigenvalue weighted by molar-refractivity contribution is 5.83. The van der Waals surface area contributed by atoms with Crippen molar-refractivity contribution in [2.24, 2.45) is 0 Å². The van der Waals surface area contributed by atoms with E-state index in [1.165, 1.54) is 0 Å². The van der Waals surface area contributed by atoms with Crippen molar-refractivity contribution in [3.63, 3.8) is 0 Å². The molecule has 4 aliphatic heterocycles. The van der Waals surface area contributed by atoms with Crippen molar-refractivity contribution in [2.45, 2.75) is 197 Å². The number of rotatable bonds is 20. The average Bonchev–Trinajstić information content (AvgIpc) is 0.821. The normalized spacial score (nSPS) is 15.1. The molecule has 4 fully saturated rings. The zero-order valence-corrected chi connectivity index (χ0v) is 78.2. The smallest absolute Gasteiger partial charge is 0.199 e. The molecule has 668 valence electrons. The van der Waals surface area contributed by atoms with Gasteiger partial charge in [-0.1, -0.05) is 149 Å². The van der Waals surface area contributed by atoms with Crippen LogP contribution in [0.3, 0.4) is 0 Å². The van der Waals surface area contributed by atoms with Crippen molar-refractivity contribution in [1.82, 2.24) is 0 Å². The van der Waals surface area contributed by atoms with Crippen LogP contribution in [0.4, 0.5) is 0 Å². The third kappa shape index (κ3) is 27.6. The lowest BCUT2D eigenvalue weighted by Crippen LogP contribution is -2.25. The van der Waals surface area contributed by atoms with Crippen molar-refractivity contribution >= 4 is 108 Å². The summed E-state index contributed by atoms with van der Waals surface area (Å²) < 4.78 is 77.7. The minimum atomic E-state index is -0.464. The summed E-state index contributed by atoms with van der Waals surface area (Å²) in [5.41, 5.74) is 5.93. The minimum Gasteiger partial charge on any atom is -0.492 e. The van der Waals surface area contributed by atoms with Crippen LogP contribution in [0.5, 0.6) is 46.0 Å². The van der Waals surface area contributed by atoms with Gasteiger partial charge in [-0.3, -0.25) is 0 Å². The fraction of sp³-hybridized carbons (Fsp3) is 0.311. The third-order valence-corrected chi connectivity index (χ3v) is 21.9. The Hall–Kier alpha value is -14.8. The van der Waals surface area contributed by atoms with E-state index in [9.17, 15) is 0 Å². The second kappa shape index (κ2) is 47.3. The van der Waals surface area contributed by atoms with Gasteiger partial charge in [-0.05, 0) is 285 Å². The van der Waals surface area contributed by atoms with E-state index in [2.05, 4.69) is 198 Å². The minimum absolute atomic E-state index is 0.459. The van der Waals surface area contributed by atoms with Gasteiger partial charge in [0.05, 0.1) is 95.9 Å². The predicted molar refractivity (Wildman–Crippen MR) is 529 cm³/mol. The van der Waals surface area contributed by atoms with Crippen LogP contribution in [0.2, 0.25) is 0 Å². The molecule has 20 aromatic carbocycles. The van der Waals surface area contributed by atoms with Crippen molar-refractivity contribution in [3.05, 3.63) is 337 Å². The van der Waals surface area contributed by atoms with E-state index in [-0.39, 0.29) is 0 Å². The van der Waals surface area contributed by atoms with Gasteiger partial charge in [0.2, 0.25) is 0 Å². The van der Waals surface area contributed by atoms with E-state index in [1.54, 1.807) is 0 Å². The lowest BCUT2D eigenvalue weighted by Gasteiger charge is -2.23. The van der Waals surface area contributed by atoms with Gasteiger partial charge in [-0.25, -0.2) is 0 Å². The SMILES string of the molecule is CCCOc1cc2c#cc3cc(C)cc(c#cc#cc4cc(C)cc(c#cc5cc(OCCC)c(c#cc6cc(C)cc(c#cc7cc(OC8CCCCO8)c(c#cc8cc(C)cc(c#cc#cc9cc(C)cc(c#cc%10cc(OCCC)c(c#cc%11cc(C)cc(c#cc1cc2OC1CCCCO1)c%11)cc%10OC1CCCCO1)c9)c8)cc7OCCC)c6)cc5OC1CCCCO1)c4)c3. The van der Waals surface area contributed by atoms with Crippen LogP contribution in [0, 0.1) is 187 Å². The molecule has 0 saturated carbocycles. The molecule has 134 heavy (non-hydrogen) atoms. The summed E-state index contributed by atoms with van der Waals surface area (Å²) in [5.74, 6) is 4.49. The second-order valence-electron chi connectivity index (χ2n) is 34.0. The molecule has 20 bridgehead atoms. The van der Waals surface area contributed by atoms with E-state index in [0.717, 1.165) is 201 Å². The molecule has 0 aromatic heterocycles. The second-order valence-corrected chi connectivity index (χ2v) is 34.0. The first-order valence-corrected chi connectivity index (χ1v) is 46.8. The molecular formula is C122H108O12. The Morgan fingerprint density at radius 1 is 0.201 bits per heavy atom. The topological polar surface area (TPSA) is 111 Å². The van der Waals surface area contributed by atoms with Crippen molar-refractivity contribution in [3.8, 4) is 46.0 Å². The fourth-order valence-electron chi connectivity index (χ4n) is 15.6. The fourth-order valence-corrected chi connectivity index (χ4v) is 15.6. The summed E-state index contributed by atoms with van der Waals surface area (Å²) in [5, 5.41) is 14.3. The molecule has 0 spiro atoms. The molecule has 4 unspecified atom stereocenters. The number of hydrogen-bond acceptors (Lipinski definition) is 12. The summed E-state index contributed by atoms with van der Waals surface area (Å²) in [6.45, 7) is 24.8. The van der Waals surface area contributed by atoms with Gasteiger partial charge in [-0.15, -0.1) is 0 Å². The number of ether oxygens (including phenoxy) is 12. The Labute approximate surface area is 792 Å². The first-order chi connectivity index (χ1) is 65.5. The standard InChI is InChI=1S/C122H108O12/c1-11-51-123-111-77-107-47-39-95-63-85(5)59-91(71-95)27-15-16-28-92-60-86(6)64-96(72-92)41-49-109-79-113(125-53-13-3)105(83-117(109)133-121-33-21-25-57-129-121)45-37-101-69-90(10)70-102(76-101)38-46-106-84-118(134-122-34-22-26-58-130-122)110(80-114(106)126-54-14-4)50-42-98-66-88(8)62-94(74-98)30-18-17-29-93-61-87(7)65-97(73-93)40-48-108-78-112(124-52-12-2)104(82-116(108)132-120-32-20-24-56-128-120)44-36-100-68-89(9)67-99(75-100)35-43-103(111)81-115(107)131-119-31-19-23-55-127-119/h59-84,119-122H,11-14,19-26,31-34,51-58H2,1-10H3. The van der Waals surface area contributed by atoms with Crippen LogP contribution >= 0.6 is 0 Å².